The largest absolute Gasteiger partial charge is 0.339 e. The standard InChI is InChI=1S/C10H19N3OS/c1-4-11-8(3)6-10-12-9(13-14-10)7-15-5-2/h8,11H,4-7H2,1-3H3. The minimum Gasteiger partial charge on any atom is -0.339 e. The van der Waals surface area contributed by atoms with Gasteiger partial charge < -0.3 is 9.84 Å². The summed E-state index contributed by atoms with van der Waals surface area (Å²) in [5.74, 6) is 3.46. The first kappa shape index (κ1) is 12.5. The highest BCUT2D eigenvalue weighted by atomic mass is 32.2. The molecule has 1 unspecified atom stereocenters. The zero-order chi connectivity index (χ0) is 11.1. The fourth-order valence-electron chi connectivity index (χ4n) is 1.31. The Kier molecular flexibility index (Phi) is 5.71. The Morgan fingerprint density at radius 2 is 2.27 bits per heavy atom. The van der Waals surface area contributed by atoms with E-state index in [2.05, 4.69) is 36.2 Å². The zero-order valence-electron chi connectivity index (χ0n) is 9.62. The highest BCUT2D eigenvalue weighted by Crippen LogP contribution is 2.09. The van der Waals surface area contributed by atoms with Crippen molar-refractivity contribution in [1.29, 1.82) is 0 Å². The predicted molar refractivity (Wildman–Crippen MR) is 63.0 cm³/mol. The molecule has 0 spiro atoms. The molecular formula is C10H19N3OS. The van der Waals surface area contributed by atoms with E-state index in [1.54, 1.807) is 11.8 Å². The molecule has 1 N–H and O–H groups in total. The van der Waals surface area contributed by atoms with Crippen molar-refractivity contribution in [3.63, 3.8) is 0 Å². The van der Waals surface area contributed by atoms with Gasteiger partial charge in [0.25, 0.3) is 0 Å². The Labute approximate surface area is 95.2 Å². The monoisotopic (exact) mass is 229 g/mol. The summed E-state index contributed by atoms with van der Waals surface area (Å²) in [5.41, 5.74) is 0. The van der Waals surface area contributed by atoms with Crippen LogP contribution in [0.3, 0.4) is 0 Å². The molecule has 1 heterocycles. The van der Waals surface area contributed by atoms with Crippen molar-refractivity contribution in [2.75, 3.05) is 12.3 Å². The maximum Gasteiger partial charge on any atom is 0.228 e. The van der Waals surface area contributed by atoms with Gasteiger partial charge in [0, 0.05) is 12.5 Å². The third kappa shape index (κ3) is 4.66. The molecule has 0 aliphatic rings. The molecule has 1 atom stereocenters. The number of likely N-dealkylation sites (N-methyl/N-ethyl adjacent to an activating group) is 1. The Hall–Kier alpha value is -0.550. The fourth-order valence-corrected chi connectivity index (χ4v) is 1.81. The van der Waals surface area contributed by atoms with E-state index in [0.29, 0.717) is 6.04 Å². The molecule has 0 amide bonds. The number of thioether (sulfide) groups is 1. The smallest absolute Gasteiger partial charge is 0.228 e. The van der Waals surface area contributed by atoms with E-state index in [1.165, 1.54) is 0 Å². The summed E-state index contributed by atoms with van der Waals surface area (Å²) in [7, 11) is 0. The van der Waals surface area contributed by atoms with Crippen LogP contribution in [0.2, 0.25) is 0 Å². The molecule has 86 valence electrons. The normalized spacial score (nSPS) is 13.0. The topological polar surface area (TPSA) is 51.0 Å². The van der Waals surface area contributed by atoms with E-state index in [1.807, 2.05) is 0 Å². The molecule has 0 aliphatic heterocycles. The third-order valence-corrected chi connectivity index (χ3v) is 2.85. The quantitative estimate of drug-likeness (QED) is 0.773. The van der Waals surface area contributed by atoms with E-state index < -0.39 is 0 Å². The molecule has 0 radical (unpaired) electrons. The van der Waals surface area contributed by atoms with Crippen LogP contribution in [0.25, 0.3) is 0 Å². The Bertz CT molecular complexity index is 277. The number of rotatable bonds is 7. The van der Waals surface area contributed by atoms with E-state index in [-0.39, 0.29) is 0 Å². The summed E-state index contributed by atoms with van der Waals surface area (Å²) in [4.78, 5) is 4.33. The molecule has 1 aromatic heterocycles. The lowest BCUT2D eigenvalue weighted by Crippen LogP contribution is -2.27. The lowest BCUT2D eigenvalue weighted by molar-refractivity contribution is 0.359. The molecule has 0 fully saturated rings. The number of nitrogens with zero attached hydrogens (tertiary/aromatic N) is 2. The van der Waals surface area contributed by atoms with E-state index in [4.69, 9.17) is 4.52 Å². The highest BCUT2D eigenvalue weighted by molar-refractivity contribution is 7.98. The van der Waals surface area contributed by atoms with Gasteiger partial charge in [-0.3, -0.25) is 0 Å². The summed E-state index contributed by atoms with van der Waals surface area (Å²) < 4.78 is 5.16. The van der Waals surface area contributed by atoms with Crippen molar-refractivity contribution in [1.82, 2.24) is 15.5 Å². The average Bonchev–Trinajstić information content (AvgIpc) is 2.63. The average molecular weight is 229 g/mol. The van der Waals surface area contributed by atoms with Crippen molar-refractivity contribution in [3.8, 4) is 0 Å². The summed E-state index contributed by atoms with van der Waals surface area (Å²) in [6.45, 7) is 7.30. The molecule has 0 aromatic carbocycles. The van der Waals surface area contributed by atoms with Gasteiger partial charge in [-0.2, -0.15) is 16.7 Å². The second-order valence-corrected chi connectivity index (χ2v) is 4.68. The predicted octanol–water partition coefficient (Wildman–Crippen LogP) is 1.86. The Balaban J connectivity index is 2.38. The first-order chi connectivity index (χ1) is 7.26. The van der Waals surface area contributed by atoms with Gasteiger partial charge >= 0.3 is 0 Å². The van der Waals surface area contributed by atoms with Gasteiger partial charge in [-0.15, -0.1) is 0 Å². The van der Waals surface area contributed by atoms with Crippen LogP contribution in [0, 0.1) is 0 Å². The van der Waals surface area contributed by atoms with Gasteiger partial charge in [-0.25, -0.2) is 0 Å². The summed E-state index contributed by atoms with van der Waals surface area (Å²) >= 11 is 1.80. The Morgan fingerprint density at radius 1 is 1.47 bits per heavy atom. The van der Waals surface area contributed by atoms with Gasteiger partial charge in [0.2, 0.25) is 5.89 Å². The fraction of sp³-hybridized carbons (Fsp3) is 0.800. The van der Waals surface area contributed by atoms with Crippen molar-refractivity contribution in [2.45, 2.75) is 39.0 Å². The molecule has 0 aliphatic carbocycles. The first-order valence-electron chi connectivity index (χ1n) is 5.38. The second kappa shape index (κ2) is 6.85. The van der Waals surface area contributed by atoms with Gasteiger partial charge in [-0.05, 0) is 19.2 Å². The summed E-state index contributed by atoms with van der Waals surface area (Å²) in [6.07, 6.45) is 0.803. The zero-order valence-corrected chi connectivity index (χ0v) is 10.4. The van der Waals surface area contributed by atoms with Gasteiger partial charge in [-0.1, -0.05) is 19.0 Å². The molecule has 4 nitrogen and oxygen atoms in total. The van der Waals surface area contributed by atoms with Gasteiger partial charge in [0.1, 0.15) is 0 Å². The molecule has 0 bridgehead atoms. The Morgan fingerprint density at radius 3 is 2.93 bits per heavy atom. The van der Waals surface area contributed by atoms with Crippen molar-refractivity contribution in [2.24, 2.45) is 0 Å². The van der Waals surface area contributed by atoms with E-state index in [9.17, 15) is 0 Å². The minimum absolute atomic E-state index is 0.391. The number of hydrogen-bond acceptors (Lipinski definition) is 5. The molecule has 5 heteroatoms. The number of aromatic nitrogens is 2. The third-order valence-electron chi connectivity index (χ3n) is 1.98. The van der Waals surface area contributed by atoms with Crippen LogP contribution in [0.15, 0.2) is 4.52 Å². The van der Waals surface area contributed by atoms with Crippen LogP contribution in [0.1, 0.15) is 32.5 Å². The van der Waals surface area contributed by atoms with Crippen LogP contribution >= 0.6 is 11.8 Å². The van der Waals surface area contributed by atoms with Crippen molar-refractivity contribution >= 4 is 11.8 Å². The molecular weight excluding hydrogens is 210 g/mol. The lowest BCUT2D eigenvalue weighted by Gasteiger charge is -2.07. The molecule has 1 aromatic rings. The van der Waals surface area contributed by atoms with Crippen LogP contribution in [-0.2, 0) is 12.2 Å². The van der Waals surface area contributed by atoms with Crippen LogP contribution < -0.4 is 5.32 Å². The molecule has 0 saturated heterocycles. The molecule has 1 rings (SSSR count). The van der Waals surface area contributed by atoms with Crippen LogP contribution in [0.4, 0.5) is 0 Å². The molecule has 0 saturated carbocycles. The number of hydrogen-bond donors (Lipinski definition) is 1. The van der Waals surface area contributed by atoms with E-state index in [0.717, 1.165) is 36.2 Å². The number of nitrogens with one attached hydrogen (secondary N) is 1. The van der Waals surface area contributed by atoms with Gasteiger partial charge in [0.15, 0.2) is 5.82 Å². The minimum atomic E-state index is 0.391. The highest BCUT2D eigenvalue weighted by Gasteiger charge is 2.09. The van der Waals surface area contributed by atoms with E-state index >= 15 is 0 Å². The maximum atomic E-state index is 5.16. The van der Waals surface area contributed by atoms with Gasteiger partial charge in [0.05, 0.1) is 5.75 Å². The summed E-state index contributed by atoms with van der Waals surface area (Å²) in [5, 5.41) is 7.25. The van der Waals surface area contributed by atoms with Crippen LogP contribution in [-0.4, -0.2) is 28.5 Å². The SMILES string of the molecule is CCNC(C)Cc1nc(CSCC)no1. The second-order valence-electron chi connectivity index (χ2n) is 3.40. The summed E-state index contributed by atoms with van der Waals surface area (Å²) in [6, 6.07) is 0.391. The van der Waals surface area contributed by atoms with Crippen molar-refractivity contribution in [3.05, 3.63) is 11.7 Å². The lowest BCUT2D eigenvalue weighted by atomic mass is 10.2. The van der Waals surface area contributed by atoms with Crippen molar-refractivity contribution < 1.29 is 4.52 Å². The molecule has 15 heavy (non-hydrogen) atoms. The van der Waals surface area contributed by atoms with Crippen LogP contribution in [0.5, 0.6) is 0 Å². The maximum absolute atomic E-state index is 5.16. The first-order valence-corrected chi connectivity index (χ1v) is 6.54.